The molecule has 13 nitrogen and oxygen atoms in total. The smallest absolute Gasteiger partial charge is 0.255 e. The number of hydrogen-bond donors (Lipinski definition) is 4. The van der Waals surface area contributed by atoms with Crippen LogP contribution >= 0.6 is 0 Å². The molecule has 0 saturated heterocycles. The van der Waals surface area contributed by atoms with Crippen LogP contribution in [-0.2, 0) is 20.0 Å². The molecule has 0 aliphatic rings. The minimum Gasteiger partial charge on any atom is -0.457 e. The van der Waals surface area contributed by atoms with Gasteiger partial charge in [-0.25, -0.2) is 16.8 Å². The first-order valence-electron chi connectivity index (χ1n) is 11.1. The zero-order valence-electron chi connectivity index (χ0n) is 20.0. The van der Waals surface area contributed by atoms with Crippen molar-refractivity contribution in [2.45, 2.75) is 9.79 Å². The number of hydrogen-bond acceptors (Lipinski definition) is 11. The minimum atomic E-state index is -4.18. The molecule has 4 rings (SSSR count). The molecule has 0 aliphatic heterocycles. The van der Waals surface area contributed by atoms with E-state index >= 15 is 0 Å². The van der Waals surface area contributed by atoms with Gasteiger partial charge in [-0.1, -0.05) is 36.4 Å². The van der Waals surface area contributed by atoms with E-state index in [-0.39, 0.29) is 32.7 Å². The van der Waals surface area contributed by atoms with E-state index in [0.717, 1.165) is 0 Å². The van der Waals surface area contributed by atoms with Crippen LogP contribution in [0, 0.1) is 0 Å². The molecule has 39 heavy (non-hydrogen) atoms. The molecule has 0 radical (unpaired) electrons. The lowest BCUT2D eigenvalue weighted by Crippen LogP contribution is -2.30. The van der Waals surface area contributed by atoms with Crippen LogP contribution in [0.15, 0.2) is 127 Å². The summed E-state index contributed by atoms with van der Waals surface area (Å²) in [6.07, 6.45) is 0. The maximum absolute atomic E-state index is 12.6. The molecule has 0 unspecified atom stereocenters. The van der Waals surface area contributed by atoms with Crippen molar-refractivity contribution in [1.29, 1.82) is 0 Å². The van der Waals surface area contributed by atoms with E-state index in [0.29, 0.717) is 11.4 Å². The van der Waals surface area contributed by atoms with Crippen LogP contribution in [0.25, 0.3) is 0 Å². The van der Waals surface area contributed by atoms with Gasteiger partial charge in [0.05, 0.1) is 11.4 Å². The molecular weight excluding hydrogens is 544 g/mol. The normalized spacial score (nSPS) is 12.3. The quantitative estimate of drug-likeness (QED) is 0.122. The second kappa shape index (κ2) is 12.0. The lowest BCUT2D eigenvalue weighted by atomic mass is 10.3. The Kier molecular flexibility index (Phi) is 8.50. The molecule has 6 N–H and O–H groups in total. The van der Waals surface area contributed by atoms with Crippen LogP contribution in [0.1, 0.15) is 0 Å². The standard InChI is InChI=1S/C24H22N8O5S2/c25-31-38(33,34)23-15-19(11-13-21(23)29-27-17-7-3-1-4-8-17)37-20-12-14-22(24(16-20)39(35,36)32-26)30-28-18-9-5-2-6-10-18/h1-16,31-32H,25-26H2. The first-order chi connectivity index (χ1) is 18.7. The summed E-state index contributed by atoms with van der Waals surface area (Å²) in [4.78, 5) is 2.87. The molecule has 200 valence electrons. The van der Waals surface area contributed by atoms with Crippen molar-refractivity contribution in [1.82, 2.24) is 9.66 Å². The van der Waals surface area contributed by atoms with Crippen molar-refractivity contribution in [3.05, 3.63) is 97.1 Å². The fourth-order valence-electron chi connectivity index (χ4n) is 3.19. The maximum atomic E-state index is 12.6. The van der Waals surface area contributed by atoms with Gasteiger partial charge in [0.25, 0.3) is 20.0 Å². The molecule has 15 heteroatoms. The lowest BCUT2D eigenvalue weighted by molar-refractivity contribution is 0.478. The molecule has 0 saturated carbocycles. The Morgan fingerprint density at radius 3 is 1.28 bits per heavy atom. The fraction of sp³-hybridized carbons (Fsp3) is 0. The van der Waals surface area contributed by atoms with Crippen LogP contribution in [0.4, 0.5) is 22.7 Å². The van der Waals surface area contributed by atoms with Crippen LogP contribution in [-0.4, -0.2) is 16.8 Å². The van der Waals surface area contributed by atoms with Gasteiger partial charge >= 0.3 is 0 Å². The van der Waals surface area contributed by atoms with Crippen molar-refractivity contribution in [3.63, 3.8) is 0 Å². The van der Waals surface area contributed by atoms with Crippen molar-refractivity contribution in [2.75, 3.05) is 0 Å². The van der Waals surface area contributed by atoms with Gasteiger partial charge in [-0.05, 0) is 48.5 Å². The summed E-state index contributed by atoms with van der Waals surface area (Å²) in [6.45, 7) is 0. The van der Waals surface area contributed by atoms with E-state index in [1.165, 1.54) is 36.4 Å². The molecule has 0 amide bonds. The molecule has 0 bridgehead atoms. The Morgan fingerprint density at radius 1 is 0.538 bits per heavy atom. The summed E-state index contributed by atoms with van der Waals surface area (Å²) in [7, 11) is -8.36. The van der Waals surface area contributed by atoms with Crippen LogP contribution in [0.2, 0.25) is 0 Å². The van der Waals surface area contributed by atoms with Gasteiger partial charge in [-0.15, -0.1) is 19.9 Å². The second-order valence-corrected chi connectivity index (χ2v) is 11.0. The SMILES string of the molecule is NNS(=O)(=O)c1cc(Oc2ccc(N=Nc3ccccc3)c(S(=O)(=O)NN)c2)ccc1N=Nc1ccccc1. The summed E-state index contributed by atoms with van der Waals surface area (Å²) in [5.74, 6) is 10.6. The molecule has 0 aromatic heterocycles. The Labute approximate surface area is 224 Å². The third-order valence-corrected chi connectivity index (χ3v) is 7.48. The van der Waals surface area contributed by atoms with Gasteiger partial charge in [0.15, 0.2) is 0 Å². The van der Waals surface area contributed by atoms with Gasteiger partial charge in [0.1, 0.15) is 32.7 Å². The Morgan fingerprint density at radius 2 is 0.923 bits per heavy atom. The number of azo groups is 2. The highest BCUT2D eigenvalue weighted by atomic mass is 32.2. The Bertz CT molecular complexity index is 1600. The molecule has 0 spiro atoms. The van der Waals surface area contributed by atoms with E-state index in [2.05, 4.69) is 20.5 Å². The molecular formula is C24H22N8O5S2. The largest absolute Gasteiger partial charge is 0.457 e. The van der Waals surface area contributed by atoms with Gasteiger partial charge in [0.2, 0.25) is 0 Å². The number of rotatable bonds is 10. The number of ether oxygens (including phenoxy) is 1. The first kappa shape index (κ1) is 27.6. The summed E-state index contributed by atoms with van der Waals surface area (Å²) in [5, 5.41) is 16.1. The van der Waals surface area contributed by atoms with E-state index in [1.807, 2.05) is 0 Å². The van der Waals surface area contributed by atoms with Crippen LogP contribution < -0.4 is 26.1 Å². The topological polar surface area (TPSA) is 203 Å². The predicted molar refractivity (Wildman–Crippen MR) is 143 cm³/mol. The van der Waals surface area contributed by atoms with Gasteiger partial charge in [-0.3, -0.25) is 11.7 Å². The molecule has 0 fully saturated rings. The average molecular weight is 567 g/mol. The minimum absolute atomic E-state index is 0.00331. The predicted octanol–water partition coefficient (Wildman–Crippen LogP) is 4.61. The Hall–Kier alpha value is -4.38. The van der Waals surface area contributed by atoms with Gasteiger partial charge in [-0.2, -0.15) is 10.2 Å². The third-order valence-electron chi connectivity index (χ3n) is 5.05. The zero-order valence-corrected chi connectivity index (χ0v) is 21.7. The van der Waals surface area contributed by atoms with Crippen LogP contribution in [0.5, 0.6) is 11.5 Å². The van der Waals surface area contributed by atoms with Crippen molar-refractivity contribution >= 4 is 42.8 Å². The molecule has 4 aromatic rings. The molecule has 0 atom stereocenters. The maximum Gasteiger partial charge on any atom is 0.255 e. The summed E-state index contributed by atoms with van der Waals surface area (Å²) < 4.78 is 56.1. The van der Waals surface area contributed by atoms with Crippen molar-refractivity contribution in [3.8, 4) is 11.5 Å². The number of benzene rings is 4. The lowest BCUT2D eigenvalue weighted by Gasteiger charge is -2.12. The average Bonchev–Trinajstić information content (AvgIpc) is 2.96. The number of sulfonamides is 2. The van der Waals surface area contributed by atoms with E-state index < -0.39 is 20.0 Å². The van der Waals surface area contributed by atoms with Gasteiger partial charge < -0.3 is 4.74 Å². The Balaban J connectivity index is 1.69. The zero-order chi connectivity index (χ0) is 27.9. The van der Waals surface area contributed by atoms with E-state index in [1.54, 1.807) is 70.3 Å². The first-order valence-corrected chi connectivity index (χ1v) is 14.0. The van der Waals surface area contributed by atoms with E-state index in [9.17, 15) is 16.8 Å². The highest BCUT2D eigenvalue weighted by Gasteiger charge is 2.21. The summed E-state index contributed by atoms with van der Waals surface area (Å²) in [6, 6.07) is 25.4. The number of nitrogens with one attached hydrogen (secondary N) is 2. The number of nitrogens with two attached hydrogens (primary N) is 2. The molecule has 0 aliphatic carbocycles. The van der Waals surface area contributed by atoms with Crippen molar-refractivity contribution in [2.24, 2.45) is 32.1 Å². The number of hydrazine groups is 2. The monoisotopic (exact) mass is 566 g/mol. The van der Waals surface area contributed by atoms with Gasteiger partial charge in [0, 0.05) is 12.1 Å². The molecule has 4 aromatic carbocycles. The van der Waals surface area contributed by atoms with Crippen LogP contribution in [0.3, 0.4) is 0 Å². The fourth-order valence-corrected chi connectivity index (χ4v) is 4.75. The summed E-state index contributed by atoms with van der Waals surface area (Å²) in [5.41, 5.74) is 1.01. The highest BCUT2D eigenvalue weighted by Crippen LogP contribution is 2.35. The van der Waals surface area contributed by atoms with Crippen molar-refractivity contribution < 1.29 is 21.6 Å². The highest BCUT2D eigenvalue weighted by molar-refractivity contribution is 7.89. The second-order valence-electron chi connectivity index (χ2n) is 7.67. The van der Waals surface area contributed by atoms with E-state index in [4.69, 9.17) is 16.4 Å². The third kappa shape index (κ3) is 6.94. The number of nitrogens with zero attached hydrogens (tertiary/aromatic N) is 4. The summed E-state index contributed by atoms with van der Waals surface area (Å²) >= 11 is 0. The molecule has 0 heterocycles.